The molecule has 2 aromatic heterocycles. The van der Waals surface area contributed by atoms with Gasteiger partial charge in [0.2, 0.25) is 0 Å². The summed E-state index contributed by atoms with van der Waals surface area (Å²) in [7, 11) is -3.00. The SMILES string of the molecule is C[C@H]1C[C@@]2(CCN1Cc1cnn(CCS(C)(=O)=O)c1)OCC(O)c1cc(Cl)sc12. The maximum absolute atomic E-state index is 11.3. The van der Waals surface area contributed by atoms with E-state index in [0.717, 1.165) is 41.9 Å². The fraction of sp³-hybridized carbons (Fsp3) is 0.632. The maximum Gasteiger partial charge on any atom is 0.149 e. The summed E-state index contributed by atoms with van der Waals surface area (Å²) in [5.41, 5.74) is 1.61. The molecule has 7 nitrogen and oxygen atoms in total. The first-order valence-electron chi connectivity index (χ1n) is 9.70. The lowest BCUT2D eigenvalue weighted by Crippen LogP contribution is -2.50. The molecule has 4 heterocycles. The Kier molecular flexibility index (Phi) is 5.82. The zero-order valence-electron chi connectivity index (χ0n) is 16.5. The Bertz CT molecular complexity index is 989. The Hall–Kier alpha value is -0.970. The van der Waals surface area contributed by atoms with Gasteiger partial charge in [-0.3, -0.25) is 9.58 Å². The Morgan fingerprint density at radius 3 is 3.00 bits per heavy atom. The van der Waals surface area contributed by atoms with Crippen LogP contribution >= 0.6 is 22.9 Å². The first-order valence-corrected chi connectivity index (χ1v) is 13.0. The molecule has 0 saturated carbocycles. The topological polar surface area (TPSA) is 84.7 Å². The molecule has 0 aliphatic carbocycles. The summed E-state index contributed by atoms with van der Waals surface area (Å²) in [5, 5.41) is 14.6. The van der Waals surface area contributed by atoms with Crippen LogP contribution in [-0.4, -0.2) is 59.4 Å². The van der Waals surface area contributed by atoms with Crippen LogP contribution in [0.2, 0.25) is 4.34 Å². The van der Waals surface area contributed by atoms with E-state index in [1.54, 1.807) is 4.68 Å². The van der Waals surface area contributed by atoms with Gasteiger partial charge in [-0.25, -0.2) is 8.42 Å². The molecule has 2 aromatic rings. The number of aromatic nitrogens is 2. The number of aryl methyl sites for hydroxylation is 1. The van der Waals surface area contributed by atoms with E-state index in [0.29, 0.717) is 17.5 Å². The third-order valence-corrected chi connectivity index (χ3v) is 8.23. The van der Waals surface area contributed by atoms with Crippen molar-refractivity contribution < 1.29 is 18.3 Å². The van der Waals surface area contributed by atoms with Crippen LogP contribution in [0.25, 0.3) is 0 Å². The van der Waals surface area contributed by atoms with E-state index in [1.165, 1.54) is 17.6 Å². The highest BCUT2D eigenvalue weighted by molar-refractivity contribution is 7.90. The number of halogens is 1. The molecule has 1 spiro atoms. The minimum Gasteiger partial charge on any atom is -0.386 e. The monoisotopic (exact) mass is 459 g/mol. The standard InChI is InChI=1S/C19H26ClN3O4S2/c1-13-8-19(18-15(7-17(20)28-18)16(24)12-27-19)3-4-22(13)10-14-9-21-23(11-14)5-6-29(2,25)26/h7,9,11,13,16,24H,3-6,8,10,12H2,1-2H3/t13-,16?,19+/m0/s1. The molecule has 10 heteroatoms. The summed E-state index contributed by atoms with van der Waals surface area (Å²) >= 11 is 7.76. The van der Waals surface area contributed by atoms with Crippen molar-refractivity contribution in [1.29, 1.82) is 0 Å². The number of piperidine rings is 1. The van der Waals surface area contributed by atoms with Crippen molar-refractivity contribution in [2.75, 3.05) is 25.2 Å². The highest BCUT2D eigenvalue weighted by Gasteiger charge is 2.46. The van der Waals surface area contributed by atoms with Gasteiger partial charge in [0, 0.05) is 47.6 Å². The number of hydrogen-bond donors (Lipinski definition) is 1. The summed E-state index contributed by atoms with van der Waals surface area (Å²) in [6, 6.07) is 2.16. The van der Waals surface area contributed by atoms with Crippen molar-refractivity contribution >= 4 is 32.8 Å². The van der Waals surface area contributed by atoms with E-state index >= 15 is 0 Å². The van der Waals surface area contributed by atoms with Gasteiger partial charge in [0.1, 0.15) is 21.5 Å². The van der Waals surface area contributed by atoms with Crippen LogP contribution < -0.4 is 0 Å². The van der Waals surface area contributed by atoms with Gasteiger partial charge in [0.05, 0.1) is 29.4 Å². The second-order valence-corrected chi connectivity index (χ2v) is 12.1. The van der Waals surface area contributed by atoms with E-state index in [1.807, 2.05) is 18.5 Å². The molecule has 0 radical (unpaired) electrons. The van der Waals surface area contributed by atoms with Gasteiger partial charge >= 0.3 is 0 Å². The molecule has 3 atom stereocenters. The molecule has 1 saturated heterocycles. The summed E-state index contributed by atoms with van der Waals surface area (Å²) < 4.78 is 31.3. The number of thiophene rings is 1. The number of nitrogens with zero attached hydrogens (tertiary/aromatic N) is 3. The predicted molar refractivity (Wildman–Crippen MR) is 113 cm³/mol. The van der Waals surface area contributed by atoms with Gasteiger partial charge in [-0.2, -0.15) is 5.10 Å². The molecule has 0 amide bonds. The Balaban J connectivity index is 1.43. The molecule has 0 aromatic carbocycles. The lowest BCUT2D eigenvalue weighted by Gasteiger charge is -2.47. The van der Waals surface area contributed by atoms with E-state index in [-0.39, 0.29) is 17.4 Å². The molecule has 0 bridgehead atoms. The van der Waals surface area contributed by atoms with Crippen molar-refractivity contribution in [2.45, 2.75) is 50.6 Å². The van der Waals surface area contributed by atoms with Crippen LogP contribution in [0.5, 0.6) is 0 Å². The number of aliphatic hydroxyl groups excluding tert-OH is 1. The number of fused-ring (bicyclic) bond motifs is 2. The molecular weight excluding hydrogens is 434 g/mol. The number of sulfone groups is 1. The highest BCUT2D eigenvalue weighted by Crippen LogP contribution is 2.50. The molecule has 160 valence electrons. The van der Waals surface area contributed by atoms with Crippen LogP contribution in [0, 0.1) is 0 Å². The van der Waals surface area contributed by atoms with Gasteiger partial charge in [-0.1, -0.05) is 11.6 Å². The van der Waals surface area contributed by atoms with Crippen LogP contribution in [0.4, 0.5) is 0 Å². The van der Waals surface area contributed by atoms with E-state index in [4.69, 9.17) is 16.3 Å². The fourth-order valence-electron chi connectivity index (χ4n) is 4.30. The number of ether oxygens (including phenoxy) is 1. The zero-order valence-corrected chi connectivity index (χ0v) is 18.9. The van der Waals surface area contributed by atoms with Crippen LogP contribution in [-0.2, 0) is 33.3 Å². The van der Waals surface area contributed by atoms with Gasteiger partial charge in [-0.15, -0.1) is 11.3 Å². The lowest BCUT2D eigenvalue weighted by molar-refractivity contribution is -0.139. The summed E-state index contributed by atoms with van der Waals surface area (Å²) in [5.74, 6) is 0.0889. The molecule has 1 unspecified atom stereocenters. The van der Waals surface area contributed by atoms with Crippen molar-refractivity contribution in [2.24, 2.45) is 0 Å². The maximum atomic E-state index is 11.3. The van der Waals surface area contributed by atoms with Crippen molar-refractivity contribution in [3.8, 4) is 0 Å². The van der Waals surface area contributed by atoms with Crippen LogP contribution in [0.15, 0.2) is 18.5 Å². The fourth-order valence-corrected chi connectivity index (χ4v) is 6.29. The molecule has 1 fully saturated rings. The van der Waals surface area contributed by atoms with Crippen molar-refractivity contribution in [3.63, 3.8) is 0 Å². The Morgan fingerprint density at radius 1 is 1.48 bits per heavy atom. The second kappa shape index (κ2) is 7.94. The average Bonchev–Trinajstić information content (AvgIpc) is 3.26. The van der Waals surface area contributed by atoms with Crippen LogP contribution in [0.3, 0.4) is 0 Å². The lowest BCUT2D eigenvalue weighted by atomic mass is 9.81. The van der Waals surface area contributed by atoms with Gasteiger partial charge in [-0.05, 0) is 25.8 Å². The second-order valence-electron chi connectivity index (χ2n) is 8.17. The van der Waals surface area contributed by atoms with Gasteiger partial charge in [0.15, 0.2) is 0 Å². The van der Waals surface area contributed by atoms with Crippen molar-refractivity contribution in [3.05, 3.63) is 38.8 Å². The number of likely N-dealkylation sites (tertiary alicyclic amines) is 1. The third kappa shape index (κ3) is 4.55. The summed E-state index contributed by atoms with van der Waals surface area (Å²) in [6.45, 7) is 4.49. The van der Waals surface area contributed by atoms with E-state index in [9.17, 15) is 13.5 Å². The normalized spacial score (nSPS) is 28.0. The molecule has 1 N–H and O–H groups in total. The minimum atomic E-state index is -3.00. The minimum absolute atomic E-state index is 0.0889. The smallest absolute Gasteiger partial charge is 0.149 e. The van der Waals surface area contributed by atoms with E-state index in [2.05, 4.69) is 16.9 Å². The van der Waals surface area contributed by atoms with Crippen LogP contribution in [0.1, 0.15) is 41.9 Å². The predicted octanol–water partition coefficient (Wildman–Crippen LogP) is 2.59. The number of hydrogen-bond acceptors (Lipinski definition) is 7. The van der Waals surface area contributed by atoms with Crippen molar-refractivity contribution in [1.82, 2.24) is 14.7 Å². The van der Waals surface area contributed by atoms with Gasteiger partial charge < -0.3 is 9.84 Å². The molecule has 29 heavy (non-hydrogen) atoms. The number of rotatable bonds is 5. The number of aliphatic hydroxyl groups is 1. The average molecular weight is 460 g/mol. The summed E-state index contributed by atoms with van der Waals surface area (Å²) in [6.07, 6.45) is 6.05. The van der Waals surface area contributed by atoms with Gasteiger partial charge in [0.25, 0.3) is 0 Å². The Labute approximate surface area is 180 Å². The zero-order chi connectivity index (χ0) is 20.8. The largest absolute Gasteiger partial charge is 0.386 e. The Morgan fingerprint density at radius 2 is 2.28 bits per heavy atom. The first-order chi connectivity index (χ1) is 13.7. The molecule has 2 aliphatic rings. The molecule has 4 rings (SSSR count). The first kappa shape index (κ1) is 21.3. The summed E-state index contributed by atoms with van der Waals surface area (Å²) in [4.78, 5) is 3.47. The third-order valence-electron chi connectivity index (χ3n) is 5.84. The quantitative estimate of drug-likeness (QED) is 0.739. The molecular formula is C19H26ClN3O4S2. The highest BCUT2D eigenvalue weighted by atomic mass is 35.5. The van der Waals surface area contributed by atoms with E-state index < -0.39 is 15.9 Å². The molecule has 2 aliphatic heterocycles.